The molecule has 7 rings (SSSR count). The molecule has 0 bridgehead atoms. The summed E-state index contributed by atoms with van der Waals surface area (Å²) in [7, 11) is 0.323. The third kappa shape index (κ3) is 12.7. The number of carbonyl (C=O) groups is 5. The standard InChI is InChI=1S/C51H61N9O13S/c1-7-51(67)36-21-39-45-34(26-60(39)48(65)35(36)27-71-49(51)66)32(33-20-40-41(73-29-72-40)22-38(33)56-45)15-13-19-70-28-55-43(62)25-52-46(63)37(16-11-12-18-59(4)5)57-47(64)44(30(2)3)58-42(61)17-10-8-9-14-31-23-53-50(54-24-31)74(6,68)69/h13,15,20-24,30,37,44,67H,7-8,10-12,16-19,25-29H2,1-6H3,(H,52,63)(H,55,62)(H,57,64)(H,58,61)/b15-13+/t37-,44-,51-/m0/s1. The van der Waals surface area contributed by atoms with Crippen molar-refractivity contribution < 1.29 is 56.4 Å². The largest absolute Gasteiger partial charge is 0.458 e. The molecule has 74 heavy (non-hydrogen) atoms. The van der Waals surface area contributed by atoms with E-state index in [1.165, 1.54) is 12.4 Å². The van der Waals surface area contributed by atoms with Crippen molar-refractivity contribution in [2.75, 3.05) is 53.6 Å². The maximum absolute atomic E-state index is 13.9. The Morgan fingerprint density at radius 3 is 2.42 bits per heavy atom. The molecule has 23 heteroatoms. The number of hydrogen-bond acceptors (Lipinski definition) is 17. The number of nitrogens with zero attached hydrogens (tertiary/aromatic N) is 5. The van der Waals surface area contributed by atoms with Gasteiger partial charge in [-0.1, -0.05) is 44.8 Å². The van der Waals surface area contributed by atoms with E-state index >= 15 is 0 Å². The van der Waals surface area contributed by atoms with E-state index in [0.717, 1.165) is 24.8 Å². The lowest BCUT2D eigenvalue weighted by molar-refractivity contribution is -0.172. The van der Waals surface area contributed by atoms with Gasteiger partial charge in [0.1, 0.15) is 25.4 Å². The van der Waals surface area contributed by atoms with E-state index < -0.39 is 63.3 Å². The van der Waals surface area contributed by atoms with Gasteiger partial charge in [-0.05, 0) is 76.4 Å². The van der Waals surface area contributed by atoms with Crippen LogP contribution in [0.15, 0.2) is 46.6 Å². The summed E-state index contributed by atoms with van der Waals surface area (Å²) in [6.45, 7) is 5.31. The van der Waals surface area contributed by atoms with Crippen molar-refractivity contribution in [1.82, 2.24) is 45.7 Å². The van der Waals surface area contributed by atoms with Gasteiger partial charge in [0.2, 0.25) is 45.4 Å². The normalized spacial score (nSPS) is 16.2. The molecule has 22 nitrogen and oxygen atoms in total. The molecule has 3 atom stereocenters. The lowest BCUT2D eigenvalue weighted by atomic mass is 9.86. The predicted molar refractivity (Wildman–Crippen MR) is 269 cm³/mol. The first-order valence-corrected chi connectivity index (χ1v) is 26.2. The van der Waals surface area contributed by atoms with Crippen LogP contribution in [0.2, 0.25) is 0 Å². The van der Waals surface area contributed by atoms with E-state index in [-0.39, 0.29) is 80.7 Å². The highest BCUT2D eigenvalue weighted by atomic mass is 32.2. The Morgan fingerprint density at radius 2 is 1.72 bits per heavy atom. The fraction of sp³-hybridized carbons (Fsp3) is 0.471. The molecular formula is C51H61N9O13S. The second-order valence-corrected chi connectivity index (χ2v) is 20.7. The van der Waals surface area contributed by atoms with Gasteiger partial charge in [0.25, 0.3) is 5.56 Å². The van der Waals surface area contributed by atoms with Gasteiger partial charge >= 0.3 is 5.97 Å². The van der Waals surface area contributed by atoms with Crippen LogP contribution in [0, 0.1) is 17.8 Å². The summed E-state index contributed by atoms with van der Waals surface area (Å²) < 4.78 is 47.0. The minimum atomic E-state index is -3.54. The average molecular weight is 1040 g/mol. The summed E-state index contributed by atoms with van der Waals surface area (Å²) >= 11 is 0. The van der Waals surface area contributed by atoms with Crippen LogP contribution in [-0.2, 0) is 62.0 Å². The number of aliphatic hydroxyl groups is 1. The summed E-state index contributed by atoms with van der Waals surface area (Å²) in [4.78, 5) is 94.2. The Hall–Kier alpha value is -7.26. The third-order valence-corrected chi connectivity index (χ3v) is 13.5. The molecule has 5 N–H and O–H groups in total. The molecule has 0 unspecified atom stereocenters. The van der Waals surface area contributed by atoms with Gasteiger partial charge in [-0.3, -0.25) is 24.0 Å². The van der Waals surface area contributed by atoms with Crippen molar-refractivity contribution in [1.29, 1.82) is 0 Å². The van der Waals surface area contributed by atoms with Crippen LogP contribution in [0.25, 0.3) is 28.4 Å². The average Bonchev–Trinajstić information content (AvgIpc) is 3.99. The lowest BCUT2D eigenvalue weighted by Crippen LogP contribution is -2.56. The summed E-state index contributed by atoms with van der Waals surface area (Å²) in [5.41, 5.74) is 1.36. The van der Waals surface area contributed by atoms with Gasteiger partial charge in [-0.15, -0.1) is 0 Å². The lowest BCUT2D eigenvalue weighted by Gasteiger charge is -2.31. The number of cyclic esters (lactones) is 1. The second-order valence-electron chi connectivity index (χ2n) is 18.7. The molecule has 4 amide bonds. The molecule has 1 aromatic carbocycles. The van der Waals surface area contributed by atoms with E-state index in [1.807, 2.05) is 31.1 Å². The fourth-order valence-corrected chi connectivity index (χ4v) is 9.12. The Balaban J connectivity index is 0.927. The molecule has 394 valence electrons. The number of benzene rings is 1. The van der Waals surface area contributed by atoms with Crippen LogP contribution in [0.4, 0.5) is 0 Å². The Morgan fingerprint density at radius 1 is 0.973 bits per heavy atom. The van der Waals surface area contributed by atoms with Crippen molar-refractivity contribution in [2.45, 2.75) is 102 Å². The number of ether oxygens (including phenoxy) is 4. The smallest absolute Gasteiger partial charge is 0.343 e. The number of fused-ring (bicyclic) bond motifs is 6. The van der Waals surface area contributed by atoms with E-state index in [4.69, 9.17) is 23.9 Å². The quantitative estimate of drug-likeness (QED) is 0.0217. The van der Waals surface area contributed by atoms with Crippen LogP contribution in [0.3, 0.4) is 0 Å². The van der Waals surface area contributed by atoms with Crippen molar-refractivity contribution >= 4 is 56.4 Å². The summed E-state index contributed by atoms with van der Waals surface area (Å²) in [5, 5.41) is 22.6. The molecule has 0 saturated carbocycles. The van der Waals surface area contributed by atoms with Gasteiger partial charge in [0, 0.05) is 54.1 Å². The second kappa shape index (κ2) is 23.7. The first-order chi connectivity index (χ1) is 35.3. The minimum Gasteiger partial charge on any atom is -0.458 e. The van der Waals surface area contributed by atoms with Crippen LogP contribution < -0.4 is 36.3 Å². The number of hydrogen-bond donors (Lipinski definition) is 5. The molecule has 3 aromatic heterocycles. The molecule has 3 aliphatic rings. The molecule has 0 saturated heterocycles. The van der Waals surface area contributed by atoms with E-state index in [2.05, 4.69) is 43.1 Å². The van der Waals surface area contributed by atoms with Crippen LogP contribution in [0.1, 0.15) is 93.5 Å². The predicted octanol–water partition coefficient (Wildman–Crippen LogP) is 1.80. The molecule has 6 heterocycles. The summed E-state index contributed by atoms with van der Waals surface area (Å²) in [6.07, 6.45) is 9.60. The molecule has 0 spiro atoms. The minimum absolute atomic E-state index is 0.00394. The van der Waals surface area contributed by atoms with Crippen LogP contribution >= 0.6 is 0 Å². The maximum atomic E-state index is 13.9. The Labute approximate surface area is 427 Å². The monoisotopic (exact) mass is 1040 g/mol. The van der Waals surface area contributed by atoms with Crippen molar-refractivity contribution in [2.24, 2.45) is 5.92 Å². The third-order valence-electron chi connectivity index (χ3n) is 12.7. The number of rotatable bonds is 22. The number of sulfone groups is 1. The Kier molecular flexibility index (Phi) is 17.5. The zero-order chi connectivity index (χ0) is 53.3. The number of aromatic nitrogens is 4. The van der Waals surface area contributed by atoms with Gasteiger partial charge < -0.3 is 54.8 Å². The molecular weight excluding hydrogens is 979 g/mol. The summed E-state index contributed by atoms with van der Waals surface area (Å²) in [6, 6.07) is 3.26. The SMILES string of the molecule is CC[C@@]1(O)C(=O)OCc2c1cc1n(c2=O)Cc2c-1nc1cc3c(cc1c2/C=C/COCNC(=O)CNC(=O)[C@H](CCCCN(C)C)NC(=O)[C@@H](NC(=O)CCCC#Cc1cnc(S(C)(=O)=O)nc1)C(C)C)OCO3. The van der Waals surface area contributed by atoms with Crippen molar-refractivity contribution in [3.8, 4) is 34.7 Å². The van der Waals surface area contributed by atoms with Gasteiger partial charge in [-0.25, -0.2) is 28.2 Å². The molecule has 0 radical (unpaired) electrons. The number of carbonyl (C=O) groups excluding carboxylic acids is 5. The highest BCUT2D eigenvalue weighted by molar-refractivity contribution is 7.90. The van der Waals surface area contributed by atoms with Gasteiger partial charge in [-0.2, -0.15) is 0 Å². The number of pyridine rings is 2. The first kappa shape index (κ1) is 54.5. The zero-order valence-electron chi connectivity index (χ0n) is 42.2. The van der Waals surface area contributed by atoms with E-state index in [9.17, 15) is 42.3 Å². The molecule has 0 aliphatic carbocycles. The molecule has 0 fully saturated rings. The molecule has 4 aromatic rings. The van der Waals surface area contributed by atoms with Gasteiger partial charge in [0.15, 0.2) is 17.1 Å². The van der Waals surface area contributed by atoms with Crippen molar-refractivity contribution in [3.63, 3.8) is 0 Å². The highest BCUT2D eigenvalue weighted by Gasteiger charge is 2.45. The van der Waals surface area contributed by atoms with Gasteiger partial charge in [0.05, 0.1) is 47.7 Å². The maximum Gasteiger partial charge on any atom is 0.343 e. The van der Waals surface area contributed by atoms with Crippen LogP contribution in [-0.4, -0.2) is 133 Å². The van der Waals surface area contributed by atoms with E-state index in [1.54, 1.807) is 43.5 Å². The van der Waals surface area contributed by atoms with E-state index in [0.29, 0.717) is 64.2 Å². The Bertz CT molecular complexity index is 3090. The number of unbranched alkanes of at least 4 members (excludes halogenated alkanes) is 2. The number of esters is 1. The fourth-order valence-electron chi connectivity index (χ4n) is 8.63. The number of nitrogens with one attached hydrogen (secondary N) is 4. The topological polar surface area (TPSA) is 289 Å². The number of amides is 4. The van der Waals surface area contributed by atoms with Crippen LogP contribution in [0.5, 0.6) is 11.5 Å². The molecule has 3 aliphatic heterocycles. The highest BCUT2D eigenvalue weighted by Crippen LogP contribution is 2.43. The van der Waals surface area contributed by atoms with Crippen molar-refractivity contribution in [3.05, 3.63) is 74.8 Å². The zero-order valence-corrected chi connectivity index (χ0v) is 43.0. The first-order valence-electron chi connectivity index (χ1n) is 24.3. The summed E-state index contributed by atoms with van der Waals surface area (Å²) in [5.74, 6) is 3.58.